The SMILES string of the molecule is CCC(C)c1ccccc1OCCOc1ccc(Br)cc1. The fourth-order valence-electron chi connectivity index (χ4n) is 2.08. The van der Waals surface area contributed by atoms with Crippen LogP contribution in [0.5, 0.6) is 11.5 Å². The van der Waals surface area contributed by atoms with Gasteiger partial charge in [-0.2, -0.15) is 0 Å². The fourth-order valence-corrected chi connectivity index (χ4v) is 2.35. The summed E-state index contributed by atoms with van der Waals surface area (Å²) in [4.78, 5) is 0. The van der Waals surface area contributed by atoms with Crippen molar-refractivity contribution in [1.29, 1.82) is 0 Å². The molecule has 2 rings (SSSR count). The average Bonchev–Trinajstić information content (AvgIpc) is 2.53. The van der Waals surface area contributed by atoms with Crippen molar-refractivity contribution in [2.45, 2.75) is 26.2 Å². The first-order valence-electron chi connectivity index (χ1n) is 7.30. The molecule has 3 heteroatoms. The largest absolute Gasteiger partial charge is 0.490 e. The Morgan fingerprint density at radius 1 is 0.952 bits per heavy atom. The van der Waals surface area contributed by atoms with Gasteiger partial charge in [0, 0.05) is 4.47 Å². The molecule has 2 nitrogen and oxygen atoms in total. The Morgan fingerprint density at radius 3 is 2.33 bits per heavy atom. The summed E-state index contributed by atoms with van der Waals surface area (Å²) in [5, 5.41) is 0. The Balaban J connectivity index is 1.85. The number of hydrogen-bond acceptors (Lipinski definition) is 2. The number of ether oxygens (including phenoxy) is 2. The first kappa shape index (κ1) is 15.9. The van der Waals surface area contributed by atoms with E-state index in [1.54, 1.807) is 0 Å². The highest BCUT2D eigenvalue weighted by Crippen LogP contribution is 2.28. The van der Waals surface area contributed by atoms with E-state index in [1.807, 2.05) is 36.4 Å². The Hall–Kier alpha value is -1.48. The highest BCUT2D eigenvalue weighted by molar-refractivity contribution is 9.10. The number of hydrogen-bond donors (Lipinski definition) is 0. The molecule has 0 radical (unpaired) electrons. The quantitative estimate of drug-likeness (QED) is 0.622. The third-order valence-corrected chi connectivity index (χ3v) is 4.01. The van der Waals surface area contributed by atoms with Gasteiger partial charge < -0.3 is 9.47 Å². The summed E-state index contributed by atoms with van der Waals surface area (Å²) in [7, 11) is 0. The topological polar surface area (TPSA) is 18.5 Å². The van der Waals surface area contributed by atoms with E-state index < -0.39 is 0 Å². The summed E-state index contributed by atoms with van der Waals surface area (Å²) in [5.41, 5.74) is 1.27. The first-order chi connectivity index (χ1) is 10.2. The lowest BCUT2D eigenvalue weighted by Gasteiger charge is -2.15. The maximum Gasteiger partial charge on any atom is 0.122 e. The van der Waals surface area contributed by atoms with Gasteiger partial charge in [-0.25, -0.2) is 0 Å². The van der Waals surface area contributed by atoms with Crippen molar-refractivity contribution < 1.29 is 9.47 Å². The molecule has 0 aromatic heterocycles. The zero-order chi connectivity index (χ0) is 15.1. The Bertz CT molecular complexity index is 551. The van der Waals surface area contributed by atoms with E-state index in [0.717, 1.165) is 22.4 Å². The van der Waals surface area contributed by atoms with Crippen LogP contribution in [0.2, 0.25) is 0 Å². The number of benzene rings is 2. The Morgan fingerprint density at radius 2 is 1.62 bits per heavy atom. The molecule has 2 aromatic carbocycles. The molecule has 21 heavy (non-hydrogen) atoms. The van der Waals surface area contributed by atoms with E-state index in [9.17, 15) is 0 Å². The smallest absolute Gasteiger partial charge is 0.122 e. The van der Waals surface area contributed by atoms with E-state index in [4.69, 9.17) is 9.47 Å². The van der Waals surface area contributed by atoms with Crippen LogP contribution in [0.25, 0.3) is 0 Å². The number of para-hydroxylation sites is 1. The minimum Gasteiger partial charge on any atom is -0.490 e. The predicted octanol–water partition coefficient (Wildman–Crippen LogP) is 5.42. The lowest BCUT2D eigenvalue weighted by atomic mass is 9.98. The second-order valence-electron chi connectivity index (χ2n) is 5.00. The molecule has 0 N–H and O–H groups in total. The Kier molecular flexibility index (Phi) is 6.12. The van der Waals surface area contributed by atoms with Crippen LogP contribution in [-0.2, 0) is 0 Å². The molecule has 0 heterocycles. The van der Waals surface area contributed by atoms with Crippen LogP contribution in [0.4, 0.5) is 0 Å². The zero-order valence-electron chi connectivity index (χ0n) is 12.5. The first-order valence-corrected chi connectivity index (χ1v) is 8.10. The van der Waals surface area contributed by atoms with Gasteiger partial charge in [0.2, 0.25) is 0 Å². The van der Waals surface area contributed by atoms with Gasteiger partial charge in [0.1, 0.15) is 24.7 Å². The molecule has 0 saturated carbocycles. The molecular formula is C18H21BrO2. The summed E-state index contributed by atoms with van der Waals surface area (Å²) < 4.78 is 12.6. The van der Waals surface area contributed by atoms with E-state index in [1.165, 1.54) is 5.56 Å². The molecule has 112 valence electrons. The lowest BCUT2D eigenvalue weighted by molar-refractivity contribution is 0.215. The third kappa shape index (κ3) is 4.78. The van der Waals surface area contributed by atoms with Gasteiger partial charge in [0.25, 0.3) is 0 Å². The minimum atomic E-state index is 0.508. The third-order valence-electron chi connectivity index (χ3n) is 3.49. The van der Waals surface area contributed by atoms with Gasteiger partial charge in [0.05, 0.1) is 0 Å². The summed E-state index contributed by atoms with van der Waals surface area (Å²) >= 11 is 3.41. The molecule has 0 aliphatic carbocycles. The molecule has 0 aliphatic heterocycles. The van der Waals surface area contributed by atoms with Crippen molar-refractivity contribution in [2.24, 2.45) is 0 Å². The molecule has 0 saturated heterocycles. The molecule has 2 aromatic rings. The lowest BCUT2D eigenvalue weighted by Crippen LogP contribution is -2.10. The Labute approximate surface area is 135 Å². The van der Waals surface area contributed by atoms with E-state index in [0.29, 0.717) is 19.1 Å². The molecule has 0 aliphatic rings. The standard InChI is InChI=1S/C18H21BrO2/c1-3-14(2)17-6-4-5-7-18(17)21-13-12-20-16-10-8-15(19)9-11-16/h4-11,14H,3,12-13H2,1-2H3. The molecular weight excluding hydrogens is 328 g/mol. The van der Waals surface area contributed by atoms with Crippen LogP contribution < -0.4 is 9.47 Å². The van der Waals surface area contributed by atoms with E-state index in [2.05, 4.69) is 41.9 Å². The second-order valence-corrected chi connectivity index (χ2v) is 5.91. The van der Waals surface area contributed by atoms with Gasteiger partial charge in [0.15, 0.2) is 0 Å². The van der Waals surface area contributed by atoms with Crippen molar-refractivity contribution in [3.05, 3.63) is 58.6 Å². The molecule has 1 unspecified atom stereocenters. The van der Waals surface area contributed by atoms with E-state index >= 15 is 0 Å². The van der Waals surface area contributed by atoms with Crippen LogP contribution in [-0.4, -0.2) is 13.2 Å². The fraction of sp³-hybridized carbons (Fsp3) is 0.333. The highest BCUT2D eigenvalue weighted by Gasteiger charge is 2.09. The summed E-state index contributed by atoms with van der Waals surface area (Å²) in [6.45, 7) is 5.50. The number of rotatable bonds is 7. The van der Waals surface area contributed by atoms with Crippen molar-refractivity contribution in [3.63, 3.8) is 0 Å². The van der Waals surface area contributed by atoms with E-state index in [-0.39, 0.29) is 0 Å². The number of halogens is 1. The summed E-state index contributed by atoms with van der Waals surface area (Å²) in [5.74, 6) is 2.33. The predicted molar refractivity (Wildman–Crippen MR) is 90.3 cm³/mol. The van der Waals surface area contributed by atoms with Crippen molar-refractivity contribution in [2.75, 3.05) is 13.2 Å². The maximum absolute atomic E-state index is 5.87. The molecule has 0 bridgehead atoms. The van der Waals surface area contributed by atoms with Crippen LogP contribution in [0, 0.1) is 0 Å². The van der Waals surface area contributed by atoms with Crippen molar-refractivity contribution in [3.8, 4) is 11.5 Å². The van der Waals surface area contributed by atoms with Crippen molar-refractivity contribution in [1.82, 2.24) is 0 Å². The molecule has 0 spiro atoms. The van der Waals surface area contributed by atoms with Gasteiger partial charge in [-0.1, -0.05) is 48.0 Å². The second kappa shape index (κ2) is 8.08. The van der Waals surface area contributed by atoms with Gasteiger partial charge in [-0.3, -0.25) is 0 Å². The van der Waals surface area contributed by atoms with Gasteiger partial charge in [-0.05, 0) is 48.2 Å². The molecule has 0 amide bonds. The van der Waals surface area contributed by atoms with Gasteiger partial charge >= 0.3 is 0 Å². The maximum atomic E-state index is 5.87. The van der Waals surface area contributed by atoms with Crippen molar-refractivity contribution >= 4 is 15.9 Å². The normalized spacial score (nSPS) is 12.0. The van der Waals surface area contributed by atoms with Crippen LogP contribution in [0.15, 0.2) is 53.0 Å². The highest BCUT2D eigenvalue weighted by atomic mass is 79.9. The minimum absolute atomic E-state index is 0.508. The summed E-state index contributed by atoms with van der Waals surface area (Å²) in [6, 6.07) is 16.1. The van der Waals surface area contributed by atoms with Crippen LogP contribution in [0.3, 0.4) is 0 Å². The monoisotopic (exact) mass is 348 g/mol. The molecule has 0 fully saturated rings. The average molecular weight is 349 g/mol. The molecule has 1 atom stereocenters. The zero-order valence-corrected chi connectivity index (χ0v) is 14.1. The summed E-state index contributed by atoms with van der Waals surface area (Å²) in [6.07, 6.45) is 1.11. The van der Waals surface area contributed by atoms with Gasteiger partial charge in [-0.15, -0.1) is 0 Å². The van der Waals surface area contributed by atoms with Crippen LogP contribution >= 0.6 is 15.9 Å². The van der Waals surface area contributed by atoms with Crippen LogP contribution in [0.1, 0.15) is 31.7 Å².